The monoisotopic (exact) mass is 357 g/mol. The summed E-state index contributed by atoms with van der Waals surface area (Å²) in [7, 11) is 0. The molecule has 7 heteroatoms. The molecule has 4 rings (SSSR count). The maximum atomic E-state index is 13.5. The molecule has 2 aliphatic heterocycles. The fourth-order valence-corrected chi connectivity index (χ4v) is 3.51. The summed E-state index contributed by atoms with van der Waals surface area (Å²) in [6.07, 6.45) is 3.27. The predicted molar refractivity (Wildman–Crippen MR) is 94.4 cm³/mol. The number of rotatable bonds is 4. The lowest BCUT2D eigenvalue weighted by molar-refractivity contribution is 0.0225. The molecule has 0 saturated carbocycles. The van der Waals surface area contributed by atoms with Gasteiger partial charge in [-0.2, -0.15) is 0 Å². The van der Waals surface area contributed by atoms with Crippen LogP contribution in [-0.2, 0) is 15.0 Å². The number of aromatic nitrogens is 1. The van der Waals surface area contributed by atoms with Crippen LogP contribution in [0.1, 0.15) is 18.9 Å². The number of hydrogen-bond acceptors (Lipinski definition) is 6. The summed E-state index contributed by atoms with van der Waals surface area (Å²) >= 11 is 0. The van der Waals surface area contributed by atoms with Crippen molar-refractivity contribution in [2.75, 3.05) is 19.8 Å². The van der Waals surface area contributed by atoms with Gasteiger partial charge in [-0.25, -0.2) is 9.38 Å². The number of halogens is 1. The van der Waals surface area contributed by atoms with Gasteiger partial charge in [0, 0.05) is 30.4 Å². The van der Waals surface area contributed by atoms with E-state index >= 15 is 0 Å². The third-order valence-corrected chi connectivity index (χ3v) is 4.67. The first kappa shape index (κ1) is 16.8. The van der Waals surface area contributed by atoms with E-state index in [2.05, 4.69) is 9.98 Å². The third-order valence-electron chi connectivity index (χ3n) is 4.67. The third kappa shape index (κ3) is 2.99. The molecule has 0 saturated heterocycles. The zero-order valence-corrected chi connectivity index (χ0v) is 14.4. The Morgan fingerprint density at radius 2 is 2.19 bits per heavy atom. The maximum Gasteiger partial charge on any atom is 0.283 e. The minimum atomic E-state index is -0.615. The van der Waals surface area contributed by atoms with E-state index in [4.69, 9.17) is 19.9 Å². The van der Waals surface area contributed by atoms with Gasteiger partial charge in [0.05, 0.1) is 12.8 Å². The summed E-state index contributed by atoms with van der Waals surface area (Å²) in [6.45, 7) is 3.39. The predicted octanol–water partition coefficient (Wildman–Crippen LogP) is 2.62. The zero-order chi connectivity index (χ0) is 18.1. The van der Waals surface area contributed by atoms with Gasteiger partial charge >= 0.3 is 0 Å². The second-order valence-electron chi connectivity index (χ2n) is 6.48. The van der Waals surface area contributed by atoms with E-state index in [0.29, 0.717) is 31.8 Å². The fraction of sp³-hybridized carbons (Fsp3) is 0.368. The summed E-state index contributed by atoms with van der Waals surface area (Å²) in [5.74, 6) is 0.338. The van der Waals surface area contributed by atoms with Crippen LogP contribution < -0.4 is 10.5 Å². The van der Waals surface area contributed by atoms with E-state index < -0.39 is 5.54 Å². The van der Waals surface area contributed by atoms with Gasteiger partial charge in [0.2, 0.25) is 0 Å². The van der Waals surface area contributed by atoms with Crippen LogP contribution in [0.3, 0.4) is 0 Å². The van der Waals surface area contributed by atoms with Gasteiger partial charge in [0.15, 0.2) is 0 Å². The number of pyridine rings is 1. The molecule has 0 fully saturated rings. The standard InChI is InChI=1S/C19H20FN3O3/c1-2-24-10-15-7-19(11-25-18(21)23-19)16-6-12(3-4-17(16)26-15)13-5-14(20)9-22-8-13/h3-6,8-9,15H,2,7,10-11H2,1H3,(H2,21,23). The molecule has 6 nitrogen and oxygen atoms in total. The molecule has 0 amide bonds. The van der Waals surface area contributed by atoms with Crippen LogP contribution in [0.5, 0.6) is 5.75 Å². The van der Waals surface area contributed by atoms with Crippen molar-refractivity contribution in [3.05, 3.63) is 48.0 Å². The highest BCUT2D eigenvalue weighted by Crippen LogP contribution is 2.46. The highest BCUT2D eigenvalue weighted by atomic mass is 19.1. The topological polar surface area (TPSA) is 79.0 Å². The van der Waals surface area contributed by atoms with Crippen molar-refractivity contribution in [3.8, 4) is 16.9 Å². The van der Waals surface area contributed by atoms with Gasteiger partial charge in [-0.1, -0.05) is 6.07 Å². The molecule has 3 heterocycles. The maximum absolute atomic E-state index is 13.5. The second-order valence-corrected chi connectivity index (χ2v) is 6.48. The van der Waals surface area contributed by atoms with Gasteiger partial charge < -0.3 is 19.9 Å². The van der Waals surface area contributed by atoms with Crippen LogP contribution in [0.2, 0.25) is 0 Å². The van der Waals surface area contributed by atoms with Crippen molar-refractivity contribution in [3.63, 3.8) is 0 Å². The SMILES string of the molecule is CCOCC1CC2(COC(N)=N2)c2cc(-c3cncc(F)c3)ccc2O1. The smallest absolute Gasteiger partial charge is 0.283 e. The van der Waals surface area contributed by atoms with Crippen LogP contribution in [0.15, 0.2) is 41.7 Å². The highest BCUT2D eigenvalue weighted by molar-refractivity contribution is 5.75. The molecule has 1 aromatic heterocycles. The first-order valence-electron chi connectivity index (χ1n) is 8.57. The number of nitrogens with two attached hydrogens (primary N) is 1. The van der Waals surface area contributed by atoms with Gasteiger partial charge in [-0.3, -0.25) is 4.98 Å². The number of ether oxygens (including phenoxy) is 3. The van der Waals surface area contributed by atoms with Gasteiger partial charge in [-0.05, 0) is 30.7 Å². The van der Waals surface area contributed by atoms with Gasteiger partial charge in [0.1, 0.15) is 29.8 Å². The fourth-order valence-electron chi connectivity index (χ4n) is 3.51. The molecule has 2 unspecified atom stereocenters. The van der Waals surface area contributed by atoms with Crippen LogP contribution >= 0.6 is 0 Å². The number of benzene rings is 1. The Kier molecular flexibility index (Phi) is 4.24. The van der Waals surface area contributed by atoms with Crippen molar-refractivity contribution in [2.24, 2.45) is 10.7 Å². The molecule has 1 spiro atoms. The molecule has 0 radical (unpaired) electrons. The molecule has 136 valence electrons. The van der Waals surface area contributed by atoms with Crippen LogP contribution in [0.25, 0.3) is 11.1 Å². The summed E-state index contributed by atoms with van der Waals surface area (Å²) in [5.41, 5.74) is 7.60. The molecule has 2 atom stereocenters. The van der Waals surface area contributed by atoms with Crippen molar-refractivity contribution >= 4 is 6.02 Å². The Labute approximate surface area is 150 Å². The number of aliphatic imine (C=N–C) groups is 1. The number of hydrogen-bond donors (Lipinski definition) is 1. The number of amidine groups is 1. The Morgan fingerprint density at radius 3 is 2.92 bits per heavy atom. The lowest BCUT2D eigenvalue weighted by Crippen LogP contribution is -2.40. The van der Waals surface area contributed by atoms with E-state index in [1.807, 2.05) is 25.1 Å². The first-order valence-corrected chi connectivity index (χ1v) is 8.57. The Balaban J connectivity index is 1.76. The molecular formula is C19H20FN3O3. The van der Waals surface area contributed by atoms with E-state index in [1.165, 1.54) is 12.3 Å². The second kappa shape index (κ2) is 6.57. The largest absolute Gasteiger partial charge is 0.488 e. The highest BCUT2D eigenvalue weighted by Gasteiger charge is 2.46. The van der Waals surface area contributed by atoms with E-state index in [-0.39, 0.29) is 17.9 Å². The molecule has 0 aliphatic carbocycles. The Bertz CT molecular complexity index is 858. The Morgan fingerprint density at radius 1 is 1.31 bits per heavy atom. The number of fused-ring (bicyclic) bond motifs is 2. The average Bonchev–Trinajstić information content (AvgIpc) is 3.01. The van der Waals surface area contributed by atoms with Gasteiger partial charge in [-0.15, -0.1) is 0 Å². The average molecular weight is 357 g/mol. The van der Waals surface area contributed by atoms with E-state index in [1.54, 1.807) is 6.20 Å². The molecule has 0 bridgehead atoms. The molecule has 1 aromatic carbocycles. The quantitative estimate of drug-likeness (QED) is 0.910. The van der Waals surface area contributed by atoms with E-state index in [0.717, 1.165) is 16.9 Å². The molecule has 2 aromatic rings. The molecule has 2 aliphatic rings. The lowest BCUT2D eigenvalue weighted by atomic mass is 9.82. The van der Waals surface area contributed by atoms with Crippen molar-refractivity contribution in [2.45, 2.75) is 25.0 Å². The minimum Gasteiger partial charge on any atom is -0.488 e. The van der Waals surface area contributed by atoms with E-state index in [9.17, 15) is 4.39 Å². The summed E-state index contributed by atoms with van der Waals surface area (Å²) in [6, 6.07) is 7.33. The van der Waals surface area contributed by atoms with Crippen LogP contribution in [-0.4, -0.2) is 36.9 Å². The number of nitrogens with zero attached hydrogens (tertiary/aromatic N) is 2. The van der Waals surface area contributed by atoms with Gasteiger partial charge in [0.25, 0.3) is 6.02 Å². The van der Waals surface area contributed by atoms with Crippen molar-refractivity contribution in [1.29, 1.82) is 0 Å². The minimum absolute atomic E-state index is 0.137. The van der Waals surface area contributed by atoms with Crippen LogP contribution in [0, 0.1) is 5.82 Å². The van der Waals surface area contributed by atoms with Crippen molar-refractivity contribution in [1.82, 2.24) is 4.98 Å². The molecular weight excluding hydrogens is 337 g/mol. The van der Waals surface area contributed by atoms with Crippen molar-refractivity contribution < 1.29 is 18.6 Å². The summed E-state index contributed by atoms with van der Waals surface area (Å²) < 4.78 is 30.6. The Hall–Kier alpha value is -2.67. The van der Waals surface area contributed by atoms with Crippen LogP contribution in [0.4, 0.5) is 4.39 Å². The molecule has 26 heavy (non-hydrogen) atoms. The summed E-state index contributed by atoms with van der Waals surface area (Å²) in [4.78, 5) is 8.50. The normalized spacial score (nSPS) is 23.9. The lowest BCUT2D eigenvalue weighted by Gasteiger charge is -2.36. The zero-order valence-electron chi connectivity index (χ0n) is 14.4. The summed E-state index contributed by atoms with van der Waals surface area (Å²) in [5, 5.41) is 0. The first-order chi connectivity index (χ1) is 12.6. The molecule has 2 N–H and O–H groups in total.